The van der Waals surface area contributed by atoms with E-state index in [0.717, 1.165) is 11.1 Å². The molecule has 0 spiro atoms. The largest absolute Gasteiger partial charge is 0.415 e. The monoisotopic (exact) mass is 624 g/mol. The van der Waals surface area contributed by atoms with E-state index in [9.17, 15) is 19.8 Å². The number of carbonyl (C=O) groups excluding carboxylic acids is 2. The van der Waals surface area contributed by atoms with Gasteiger partial charge in [0.1, 0.15) is 22.7 Å². The van der Waals surface area contributed by atoms with Crippen molar-refractivity contribution in [3.63, 3.8) is 0 Å². The number of aryl methyl sites for hydroxylation is 2. The molecule has 0 saturated carbocycles. The second-order valence-corrected chi connectivity index (χ2v) is 11.8. The zero-order valence-corrected chi connectivity index (χ0v) is 27.2. The van der Waals surface area contributed by atoms with Crippen molar-refractivity contribution < 1.29 is 29.3 Å². The minimum absolute atomic E-state index is 0.248. The normalized spacial score (nSPS) is 20.6. The topological polar surface area (TPSA) is 99.5 Å². The molecule has 46 heavy (non-hydrogen) atoms. The standard InChI is InChI=1S/C38H44N2O6/c1-5-39(6-2)35(41)45-33-15-11-9-13-31(33)37(43)25-30-24-22-28-19-17-27(18-20-28)21-23-29(37)26-38(30,44)32-14-10-12-16-34(32)46-36(42)40(7-3)8-4/h9-20,25-26,43-44H,5-8,21-24H2,1-4H3. The van der Waals surface area contributed by atoms with Gasteiger partial charge >= 0.3 is 12.2 Å². The Labute approximate surface area is 271 Å². The van der Waals surface area contributed by atoms with Crippen LogP contribution < -0.4 is 9.47 Å². The van der Waals surface area contributed by atoms with E-state index >= 15 is 0 Å². The third-order valence-corrected chi connectivity index (χ3v) is 9.17. The van der Waals surface area contributed by atoms with Crippen LogP contribution >= 0.6 is 0 Å². The number of nitrogens with zero attached hydrogens (tertiary/aromatic N) is 2. The highest BCUT2D eigenvalue weighted by atomic mass is 16.6. The summed E-state index contributed by atoms with van der Waals surface area (Å²) in [6, 6.07) is 22.4. The Morgan fingerprint density at radius 2 is 0.935 bits per heavy atom. The Morgan fingerprint density at radius 1 is 0.587 bits per heavy atom. The van der Waals surface area contributed by atoms with Crippen molar-refractivity contribution in [2.24, 2.45) is 0 Å². The molecule has 8 nitrogen and oxygen atoms in total. The highest BCUT2D eigenvalue weighted by Gasteiger charge is 2.46. The van der Waals surface area contributed by atoms with Gasteiger partial charge in [-0.1, -0.05) is 60.7 Å². The first-order chi connectivity index (χ1) is 22.2. The molecule has 3 aromatic carbocycles. The Morgan fingerprint density at radius 3 is 1.28 bits per heavy atom. The molecule has 8 rings (SSSR count). The molecular formula is C38H44N2O6. The van der Waals surface area contributed by atoms with Crippen molar-refractivity contribution in [1.82, 2.24) is 9.80 Å². The molecule has 242 valence electrons. The zero-order chi connectivity index (χ0) is 32.9. The summed E-state index contributed by atoms with van der Waals surface area (Å²) in [5.74, 6) is 0.496. The maximum absolute atomic E-state index is 13.1. The molecule has 0 radical (unpaired) electrons. The summed E-state index contributed by atoms with van der Waals surface area (Å²) in [7, 11) is 0. The maximum atomic E-state index is 13.1. The number of benzene rings is 3. The molecule has 0 fully saturated rings. The van der Waals surface area contributed by atoms with Gasteiger partial charge in [-0.05, 0) is 99.9 Å². The third-order valence-electron chi connectivity index (χ3n) is 9.17. The first-order valence-electron chi connectivity index (χ1n) is 16.3. The number of rotatable bonds is 8. The Bertz CT molecular complexity index is 1500. The van der Waals surface area contributed by atoms with Crippen molar-refractivity contribution >= 4 is 12.2 Å². The highest BCUT2D eigenvalue weighted by molar-refractivity contribution is 5.73. The summed E-state index contributed by atoms with van der Waals surface area (Å²) < 4.78 is 11.8. The molecule has 8 heteroatoms. The lowest BCUT2D eigenvalue weighted by Crippen LogP contribution is -2.40. The molecule has 4 bridgehead atoms. The fourth-order valence-electron chi connectivity index (χ4n) is 6.39. The van der Waals surface area contributed by atoms with Crippen LogP contribution in [-0.4, -0.2) is 58.4 Å². The minimum Gasteiger partial charge on any atom is -0.410 e. The average Bonchev–Trinajstić information content (AvgIpc) is 3.05. The number of hydrogen-bond acceptors (Lipinski definition) is 6. The van der Waals surface area contributed by atoms with E-state index in [0.29, 0.717) is 74.1 Å². The van der Waals surface area contributed by atoms with Crippen LogP contribution in [0.25, 0.3) is 0 Å². The van der Waals surface area contributed by atoms with Crippen molar-refractivity contribution in [3.8, 4) is 11.5 Å². The van der Waals surface area contributed by atoms with Crippen molar-refractivity contribution in [2.45, 2.75) is 64.6 Å². The van der Waals surface area contributed by atoms with E-state index in [1.54, 1.807) is 70.5 Å². The average molecular weight is 625 g/mol. The molecule has 0 heterocycles. The number of ether oxygens (including phenoxy) is 2. The second-order valence-electron chi connectivity index (χ2n) is 11.8. The van der Waals surface area contributed by atoms with Gasteiger partial charge in [0.05, 0.1) is 0 Å². The van der Waals surface area contributed by atoms with Crippen LogP contribution in [0, 0.1) is 0 Å². The van der Waals surface area contributed by atoms with Crippen LogP contribution in [0.5, 0.6) is 11.5 Å². The van der Waals surface area contributed by atoms with Gasteiger partial charge in [0, 0.05) is 37.3 Å². The first kappa shape index (κ1) is 33.0. The summed E-state index contributed by atoms with van der Waals surface area (Å²) in [4.78, 5) is 29.3. The van der Waals surface area contributed by atoms with Crippen LogP contribution in [0.2, 0.25) is 0 Å². The van der Waals surface area contributed by atoms with Crippen molar-refractivity contribution in [2.75, 3.05) is 26.2 Å². The van der Waals surface area contributed by atoms with Crippen molar-refractivity contribution in [3.05, 3.63) is 118 Å². The molecule has 0 aliphatic heterocycles. The zero-order valence-electron chi connectivity index (χ0n) is 27.2. The lowest BCUT2D eigenvalue weighted by molar-refractivity contribution is 0.0771. The summed E-state index contributed by atoms with van der Waals surface area (Å²) in [5.41, 5.74) is 0.722. The van der Waals surface area contributed by atoms with Crippen LogP contribution in [0.1, 0.15) is 62.8 Å². The minimum atomic E-state index is -1.69. The molecule has 2 unspecified atom stereocenters. The molecule has 2 N–H and O–H groups in total. The first-order valence-corrected chi connectivity index (χ1v) is 16.3. The van der Waals surface area contributed by atoms with E-state index < -0.39 is 23.4 Å². The van der Waals surface area contributed by atoms with Crippen molar-refractivity contribution in [1.29, 1.82) is 0 Å². The molecule has 5 aliphatic carbocycles. The van der Waals surface area contributed by atoms with Crippen LogP contribution in [0.4, 0.5) is 9.59 Å². The maximum Gasteiger partial charge on any atom is 0.415 e. The summed E-state index contributed by atoms with van der Waals surface area (Å²) in [6.07, 6.45) is 4.44. The van der Waals surface area contributed by atoms with Gasteiger partial charge in [0.25, 0.3) is 0 Å². The molecule has 0 saturated heterocycles. The van der Waals surface area contributed by atoms with Gasteiger partial charge in [-0.25, -0.2) is 9.59 Å². The lowest BCUT2D eigenvalue weighted by Gasteiger charge is -2.41. The highest BCUT2D eigenvalue weighted by Crippen LogP contribution is 2.50. The number of carbonyl (C=O) groups is 2. The number of amides is 2. The second kappa shape index (κ2) is 13.9. The van der Waals surface area contributed by atoms with Crippen LogP contribution in [0.15, 0.2) is 96.1 Å². The number of hydrogen-bond donors (Lipinski definition) is 2. The van der Waals surface area contributed by atoms with E-state index in [1.807, 2.05) is 27.7 Å². The van der Waals surface area contributed by atoms with Gasteiger partial charge in [0.15, 0.2) is 0 Å². The van der Waals surface area contributed by atoms with E-state index in [2.05, 4.69) is 24.3 Å². The fraction of sp³-hybridized carbons (Fsp3) is 0.368. The van der Waals surface area contributed by atoms with Crippen LogP contribution in [-0.2, 0) is 24.0 Å². The summed E-state index contributed by atoms with van der Waals surface area (Å²) >= 11 is 0. The van der Waals surface area contributed by atoms with Crippen LogP contribution in [0.3, 0.4) is 0 Å². The lowest BCUT2D eigenvalue weighted by atomic mass is 9.69. The summed E-state index contributed by atoms with van der Waals surface area (Å²) in [5, 5.41) is 25.5. The Kier molecular flexibility index (Phi) is 9.99. The SMILES string of the molecule is CCN(CC)C(=O)Oc1ccccc1C1(O)C=C2CCc3ccc(cc3)CCC1=CC2(O)c1ccccc1OC(=O)N(CC)CC. The number of aliphatic hydroxyl groups is 2. The smallest absolute Gasteiger partial charge is 0.410 e. The predicted octanol–water partition coefficient (Wildman–Crippen LogP) is 6.89. The van der Waals surface area contributed by atoms with Gasteiger partial charge in [-0.15, -0.1) is 0 Å². The van der Waals surface area contributed by atoms with Gasteiger partial charge in [-0.2, -0.15) is 0 Å². The molecule has 0 aromatic heterocycles. The Hall–Kier alpha value is -4.40. The predicted molar refractivity (Wildman–Crippen MR) is 178 cm³/mol. The molecule has 5 aliphatic rings. The summed E-state index contributed by atoms with van der Waals surface area (Å²) in [6.45, 7) is 9.49. The molecular weight excluding hydrogens is 580 g/mol. The molecule has 2 atom stereocenters. The molecule has 3 aromatic rings. The number of para-hydroxylation sites is 2. The van der Waals surface area contributed by atoms with E-state index in [4.69, 9.17) is 9.47 Å². The fourth-order valence-corrected chi connectivity index (χ4v) is 6.39. The van der Waals surface area contributed by atoms with E-state index in [1.165, 1.54) is 0 Å². The van der Waals surface area contributed by atoms with Gasteiger partial charge in [0.2, 0.25) is 0 Å². The van der Waals surface area contributed by atoms with Gasteiger partial charge in [-0.3, -0.25) is 0 Å². The Balaban J connectivity index is 1.67. The molecule has 2 amide bonds. The van der Waals surface area contributed by atoms with E-state index in [-0.39, 0.29) is 11.5 Å². The quantitative estimate of drug-likeness (QED) is 0.265. The third kappa shape index (κ3) is 6.46. The van der Waals surface area contributed by atoms with Gasteiger partial charge < -0.3 is 29.5 Å².